The van der Waals surface area contributed by atoms with E-state index in [0.29, 0.717) is 6.07 Å². The van der Waals surface area contributed by atoms with Gasteiger partial charge in [0.25, 0.3) is 10.0 Å². The minimum Gasteiger partial charge on any atom is -0.354 e. The number of aromatic nitrogens is 1. The van der Waals surface area contributed by atoms with Crippen LogP contribution >= 0.6 is 11.3 Å². The Hall–Kier alpha value is -2.30. The zero-order chi connectivity index (χ0) is 19.0. The highest BCUT2D eigenvalue weighted by Gasteiger charge is 2.22. The standard InChI is InChI=1S/C17H16F2N4O2S2/c18-11-1-2-14(13(19)9-11)22-27(24,25)16-10-12-15(26-16)3-4-21-17(12)23-7-5-20-6-8-23/h1-4,9-10,20,22H,5-8H2. The second-order valence-corrected chi connectivity index (χ2v) is 9.07. The van der Waals surface area contributed by atoms with Crippen molar-refractivity contribution in [3.63, 3.8) is 0 Å². The molecule has 27 heavy (non-hydrogen) atoms. The molecule has 3 heterocycles. The first-order chi connectivity index (χ1) is 12.9. The lowest BCUT2D eigenvalue weighted by Gasteiger charge is -2.28. The summed E-state index contributed by atoms with van der Waals surface area (Å²) in [6.45, 7) is 3.23. The molecular weight excluding hydrogens is 394 g/mol. The number of hydrogen-bond donors (Lipinski definition) is 2. The highest BCUT2D eigenvalue weighted by atomic mass is 32.2. The van der Waals surface area contributed by atoms with Gasteiger partial charge in [0.15, 0.2) is 0 Å². The van der Waals surface area contributed by atoms with E-state index in [1.54, 1.807) is 18.3 Å². The summed E-state index contributed by atoms with van der Waals surface area (Å²) in [6, 6.07) is 5.99. The van der Waals surface area contributed by atoms with Gasteiger partial charge in [0.05, 0.1) is 5.69 Å². The maximum absolute atomic E-state index is 13.8. The molecule has 2 N–H and O–H groups in total. The Kier molecular flexibility index (Phi) is 4.70. The number of nitrogens with zero attached hydrogens (tertiary/aromatic N) is 2. The minimum atomic E-state index is -4.01. The zero-order valence-electron chi connectivity index (χ0n) is 14.1. The third-order valence-corrected chi connectivity index (χ3v) is 7.20. The van der Waals surface area contributed by atoms with E-state index >= 15 is 0 Å². The Morgan fingerprint density at radius 1 is 1.15 bits per heavy atom. The second kappa shape index (κ2) is 7.02. The van der Waals surface area contributed by atoms with E-state index in [9.17, 15) is 17.2 Å². The van der Waals surface area contributed by atoms with Crippen LogP contribution in [0.5, 0.6) is 0 Å². The van der Waals surface area contributed by atoms with Gasteiger partial charge in [-0.1, -0.05) is 0 Å². The number of piperazine rings is 1. The van der Waals surface area contributed by atoms with E-state index in [0.717, 1.165) is 65.6 Å². The SMILES string of the molecule is O=S(=O)(Nc1ccc(F)cc1F)c1cc2c(N3CCNCC3)nccc2s1. The van der Waals surface area contributed by atoms with Crippen LogP contribution in [-0.2, 0) is 10.0 Å². The lowest BCUT2D eigenvalue weighted by Crippen LogP contribution is -2.43. The van der Waals surface area contributed by atoms with Crippen LogP contribution in [0.2, 0.25) is 0 Å². The van der Waals surface area contributed by atoms with E-state index in [2.05, 4.69) is 19.9 Å². The van der Waals surface area contributed by atoms with Crippen molar-refractivity contribution < 1.29 is 17.2 Å². The maximum atomic E-state index is 13.8. The molecule has 0 radical (unpaired) electrons. The number of rotatable bonds is 4. The van der Waals surface area contributed by atoms with E-state index in [1.165, 1.54) is 0 Å². The van der Waals surface area contributed by atoms with Crippen LogP contribution in [0.15, 0.2) is 40.7 Å². The minimum absolute atomic E-state index is 0.0469. The largest absolute Gasteiger partial charge is 0.354 e. The Bertz CT molecular complexity index is 1100. The molecule has 0 saturated carbocycles. The molecule has 0 spiro atoms. The topological polar surface area (TPSA) is 74.3 Å². The van der Waals surface area contributed by atoms with Gasteiger partial charge in [-0.3, -0.25) is 4.72 Å². The van der Waals surface area contributed by atoms with E-state index in [1.807, 2.05) is 0 Å². The van der Waals surface area contributed by atoms with E-state index in [-0.39, 0.29) is 9.90 Å². The monoisotopic (exact) mass is 410 g/mol. The van der Waals surface area contributed by atoms with Crippen molar-refractivity contribution in [1.29, 1.82) is 0 Å². The molecule has 4 rings (SSSR count). The summed E-state index contributed by atoms with van der Waals surface area (Å²) in [5.41, 5.74) is -0.297. The molecule has 1 aliphatic heterocycles. The Morgan fingerprint density at radius 3 is 2.67 bits per heavy atom. The molecule has 10 heteroatoms. The van der Waals surface area contributed by atoms with Gasteiger partial charge in [0.2, 0.25) is 0 Å². The van der Waals surface area contributed by atoms with Crippen molar-refractivity contribution in [1.82, 2.24) is 10.3 Å². The Labute approximate surface area is 158 Å². The van der Waals surface area contributed by atoms with E-state index in [4.69, 9.17) is 0 Å². The summed E-state index contributed by atoms with van der Waals surface area (Å²) in [5, 5.41) is 4.00. The fourth-order valence-corrected chi connectivity index (χ4v) is 5.40. The molecule has 1 aromatic carbocycles. The first-order valence-electron chi connectivity index (χ1n) is 8.26. The number of hydrogen-bond acceptors (Lipinski definition) is 6. The number of halogens is 2. The van der Waals surface area contributed by atoms with Gasteiger partial charge < -0.3 is 10.2 Å². The number of pyridine rings is 1. The van der Waals surface area contributed by atoms with Crippen LogP contribution in [0.4, 0.5) is 20.3 Å². The molecule has 0 unspecified atom stereocenters. The van der Waals surface area contributed by atoms with Crippen LogP contribution in [-0.4, -0.2) is 39.6 Å². The van der Waals surface area contributed by atoms with Gasteiger partial charge >= 0.3 is 0 Å². The van der Waals surface area contributed by atoms with Crippen molar-refractivity contribution in [2.45, 2.75) is 4.21 Å². The normalized spacial score (nSPS) is 15.3. The molecule has 142 valence electrons. The quantitative estimate of drug-likeness (QED) is 0.692. The molecule has 1 aliphatic rings. The smallest absolute Gasteiger partial charge is 0.271 e. The number of sulfonamides is 1. The highest BCUT2D eigenvalue weighted by molar-refractivity contribution is 7.94. The average Bonchev–Trinajstić information content (AvgIpc) is 3.10. The summed E-state index contributed by atoms with van der Waals surface area (Å²) in [7, 11) is -4.01. The molecule has 3 aromatic rings. The summed E-state index contributed by atoms with van der Waals surface area (Å²) >= 11 is 1.08. The molecule has 0 bridgehead atoms. The molecule has 0 amide bonds. The number of nitrogens with one attached hydrogen (secondary N) is 2. The van der Waals surface area contributed by atoms with Crippen molar-refractivity contribution >= 4 is 43.0 Å². The third kappa shape index (κ3) is 3.60. The van der Waals surface area contributed by atoms with Gasteiger partial charge in [-0.2, -0.15) is 0 Å². The van der Waals surface area contributed by atoms with Crippen LogP contribution in [0, 0.1) is 11.6 Å². The Morgan fingerprint density at radius 2 is 1.93 bits per heavy atom. The summed E-state index contributed by atoms with van der Waals surface area (Å²) in [5.74, 6) is -1.01. The molecular formula is C17H16F2N4O2S2. The predicted molar refractivity (Wildman–Crippen MR) is 102 cm³/mol. The second-order valence-electron chi connectivity index (χ2n) is 6.08. The predicted octanol–water partition coefficient (Wildman–Crippen LogP) is 2.78. The van der Waals surface area contributed by atoms with Crippen molar-refractivity contribution in [2.75, 3.05) is 35.8 Å². The van der Waals surface area contributed by atoms with Crippen LogP contribution in [0.25, 0.3) is 10.1 Å². The van der Waals surface area contributed by atoms with Gasteiger partial charge in [-0.05, 0) is 24.3 Å². The summed E-state index contributed by atoms with van der Waals surface area (Å²) in [4.78, 5) is 6.53. The molecule has 1 fully saturated rings. The van der Waals surface area contributed by atoms with Crippen molar-refractivity contribution in [3.8, 4) is 0 Å². The summed E-state index contributed by atoms with van der Waals surface area (Å²) in [6.07, 6.45) is 1.65. The fourth-order valence-electron chi connectivity index (χ4n) is 2.95. The Balaban J connectivity index is 1.70. The zero-order valence-corrected chi connectivity index (χ0v) is 15.7. The number of benzene rings is 1. The highest BCUT2D eigenvalue weighted by Crippen LogP contribution is 2.35. The first kappa shape index (κ1) is 18.1. The molecule has 1 saturated heterocycles. The van der Waals surface area contributed by atoms with Gasteiger partial charge in [0, 0.05) is 48.5 Å². The fraction of sp³-hybridized carbons (Fsp3) is 0.235. The summed E-state index contributed by atoms with van der Waals surface area (Å²) < 4.78 is 55.2. The lowest BCUT2D eigenvalue weighted by atomic mass is 10.2. The lowest BCUT2D eigenvalue weighted by molar-refractivity contribution is 0.583. The van der Waals surface area contributed by atoms with Crippen LogP contribution in [0.1, 0.15) is 0 Å². The van der Waals surface area contributed by atoms with Crippen LogP contribution < -0.4 is 14.9 Å². The van der Waals surface area contributed by atoms with Crippen molar-refractivity contribution in [3.05, 3.63) is 48.2 Å². The number of fused-ring (bicyclic) bond motifs is 1. The van der Waals surface area contributed by atoms with Crippen LogP contribution in [0.3, 0.4) is 0 Å². The molecule has 0 aliphatic carbocycles. The van der Waals surface area contributed by atoms with Gasteiger partial charge in [0.1, 0.15) is 21.7 Å². The third-order valence-electron chi connectivity index (χ3n) is 4.26. The first-order valence-corrected chi connectivity index (χ1v) is 10.6. The number of anilines is 2. The molecule has 2 aromatic heterocycles. The van der Waals surface area contributed by atoms with Crippen molar-refractivity contribution in [2.24, 2.45) is 0 Å². The van der Waals surface area contributed by atoms with E-state index < -0.39 is 21.7 Å². The van der Waals surface area contributed by atoms with Gasteiger partial charge in [-0.25, -0.2) is 22.2 Å². The molecule has 0 atom stereocenters. The van der Waals surface area contributed by atoms with Gasteiger partial charge in [-0.15, -0.1) is 11.3 Å². The average molecular weight is 410 g/mol. The number of thiophene rings is 1. The molecule has 6 nitrogen and oxygen atoms in total. The maximum Gasteiger partial charge on any atom is 0.271 e.